The Kier molecular flexibility index (Phi) is 4.84. The number of methoxy groups -OCH3 is 1. The topological polar surface area (TPSA) is 62.9 Å². The quantitative estimate of drug-likeness (QED) is 0.636. The number of nitrogens with zero attached hydrogens (tertiary/aromatic N) is 1. The number of rotatable bonds is 4. The second-order valence-electron chi connectivity index (χ2n) is 4.90. The fourth-order valence-electron chi connectivity index (χ4n) is 2.18. The molecule has 0 atom stereocenters. The minimum atomic E-state index is -0.204. The van der Waals surface area contributed by atoms with Crippen molar-refractivity contribution in [3.63, 3.8) is 0 Å². The minimum Gasteiger partial charge on any atom is -0.503 e. The standard InChI is InChI=1S/C16H12ClNO4S2/c1-21-12-6-9(5-11(17)14(12)19)7-13-15(20)18(16(23)24-13)8-10-3-2-4-22-10/h2-7,19H,8H2,1H3/b13-7+. The first-order valence-electron chi connectivity index (χ1n) is 6.84. The molecule has 0 spiro atoms. The van der Waals surface area contributed by atoms with Gasteiger partial charge in [0, 0.05) is 0 Å². The number of hydrogen-bond acceptors (Lipinski definition) is 6. The van der Waals surface area contributed by atoms with E-state index in [1.165, 1.54) is 23.8 Å². The molecule has 3 rings (SSSR count). The summed E-state index contributed by atoms with van der Waals surface area (Å²) in [6.07, 6.45) is 3.21. The van der Waals surface area contributed by atoms with Crippen LogP contribution in [0.15, 0.2) is 39.9 Å². The number of hydrogen-bond donors (Lipinski definition) is 1. The molecule has 2 aromatic rings. The number of ether oxygens (including phenoxy) is 1. The maximum atomic E-state index is 12.5. The fourth-order valence-corrected chi connectivity index (χ4v) is 3.65. The van der Waals surface area contributed by atoms with Crippen LogP contribution >= 0.6 is 35.6 Å². The normalized spacial score (nSPS) is 16.2. The highest BCUT2D eigenvalue weighted by atomic mass is 35.5. The molecule has 1 aromatic carbocycles. The van der Waals surface area contributed by atoms with Crippen molar-refractivity contribution in [3.8, 4) is 11.5 Å². The van der Waals surface area contributed by atoms with Gasteiger partial charge in [-0.1, -0.05) is 35.6 Å². The summed E-state index contributed by atoms with van der Waals surface area (Å²) in [5.74, 6) is 0.549. The highest BCUT2D eigenvalue weighted by Gasteiger charge is 2.32. The van der Waals surface area contributed by atoms with E-state index in [4.69, 9.17) is 33.0 Å². The molecule has 5 nitrogen and oxygen atoms in total. The second kappa shape index (κ2) is 6.88. The van der Waals surface area contributed by atoms with Gasteiger partial charge < -0.3 is 14.3 Å². The summed E-state index contributed by atoms with van der Waals surface area (Å²) in [4.78, 5) is 14.5. The second-order valence-corrected chi connectivity index (χ2v) is 6.98. The van der Waals surface area contributed by atoms with E-state index >= 15 is 0 Å². The van der Waals surface area contributed by atoms with E-state index < -0.39 is 0 Å². The van der Waals surface area contributed by atoms with Crippen molar-refractivity contribution in [2.24, 2.45) is 0 Å². The van der Waals surface area contributed by atoms with Gasteiger partial charge in [-0.25, -0.2) is 0 Å². The smallest absolute Gasteiger partial charge is 0.266 e. The number of halogens is 1. The van der Waals surface area contributed by atoms with Gasteiger partial charge >= 0.3 is 0 Å². The number of carbonyl (C=O) groups is 1. The molecular weight excluding hydrogens is 370 g/mol. The van der Waals surface area contributed by atoms with Crippen LogP contribution in [-0.4, -0.2) is 27.3 Å². The molecule has 1 aliphatic rings. The molecule has 1 aromatic heterocycles. The molecule has 1 saturated heterocycles. The van der Waals surface area contributed by atoms with Crippen molar-refractivity contribution in [3.05, 3.63) is 51.8 Å². The number of amides is 1. The average Bonchev–Trinajstić information content (AvgIpc) is 3.15. The van der Waals surface area contributed by atoms with Gasteiger partial charge in [0.2, 0.25) is 0 Å². The van der Waals surface area contributed by atoms with Crippen LogP contribution in [0.1, 0.15) is 11.3 Å². The molecule has 1 fully saturated rings. The monoisotopic (exact) mass is 381 g/mol. The van der Waals surface area contributed by atoms with E-state index in [1.54, 1.807) is 36.6 Å². The molecule has 0 aliphatic carbocycles. The molecule has 0 bridgehead atoms. The predicted octanol–water partition coefficient (Wildman–Crippen LogP) is 4.05. The van der Waals surface area contributed by atoms with Crippen molar-refractivity contribution in [1.29, 1.82) is 0 Å². The molecule has 1 N–H and O–H groups in total. The SMILES string of the molecule is COc1cc(/C=C2/SC(=S)N(Cc3ccco3)C2=O)cc(Cl)c1O. The lowest BCUT2D eigenvalue weighted by molar-refractivity contribution is -0.122. The Morgan fingerprint density at radius 1 is 1.50 bits per heavy atom. The van der Waals surface area contributed by atoms with Gasteiger partial charge in [-0.15, -0.1) is 0 Å². The van der Waals surface area contributed by atoms with Crippen molar-refractivity contribution in [2.75, 3.05) is 7.11 Å². The van der Waals surface area contributed by atoms with Crippen LogP contribution in [0.5, 0.6) is 11.5 Å². The molecule has 8 heteroatoms. The van der Waals surface area contributed by atoms with Gasteiger partial charge in [0.1, 0.15) is 10.1 Å². The summed E-state index contributed by atoms with van der Waals surface area (Å²) in [6.45, 7) is 0.286. The molecule has 2 heterocycles. The van der Waals surface area contributed by atoms with Crippen molar-refractivity contribution < 1.29 is 19.1 Å². The first-order chi connectivity index (χ1) is 11.5. The largest absolute Gasteiger partial charge is 0.503 e. The average molecular weight is 382 g/mol. The zero-order chi connectivity index (χ0) is 17.3. The Balaban J connectivity index is 1.87. The highest BCUT2D eigenvalue weighted by molar-refractivity contribution is 8.26. The molecule has 24 heavy (non-hydrogen) atoms. The van der Waals surface area contributed by atoms with Gasteiger partial charge in [-0.3, -0.25) is 9.69 Å². The third-order valence-corrected chi connectivity index (χ3v) is 5.00. The van der Waals surface area contributed by atoms with Crippen LogP contribution in [0.3, 0.4) is 0 Å². The third kappa shape index (κ3) is 3.28. The Bertz CT molecular complexity index is 833. The van der Waals surface area contributed by atoms with Crippen molar-refractivity contribution >= 4 is 51.9 Å². The fraction of sp³-hybridized carbons (Fsp3) is 0.125. The van der Waals surface area contributed by atoms with Crippen molar-refractivity contribution in [1.82, 2.24) is 4.90 Å². The van der Waals surface area contributed by atoms with Crippen LogP contribution in [0, 0.1) is 0 Å². The van der Waals surface area contributed by atoms with Gasteiger partial charge in [0.15, 0.2) is 11.5 Å². The van der Waals surface area contributed by atoms with Crippen LogP contribution < -0.4 is 4.74 Å². The van der Waals surface area contributed by atoms with Crippen LogP contribution in [0.2, 0.25) is 5.02 Å². The first-order valence-corrected chi connectivity index (χ1v) is 8.44. The maximum absolute atomic E-state index is 12.5. The number of aromatic hydroxyl groups is 1. The summed E-state index contributed by atoms with van der Waals surface area (Å²) in [7, 11) is 1.43. The highest BCUT2D eigenvalue weighted by Crippen LogP contribution is 2.38. The molecule has 1 aliphatic heterocycles. The van der Waals surface area contributed by atoms with Gasteiger partial charge in [0.25, 0.3) is 5.91 Å². The van der Waals surface area contributed by atoms with Gasteiger partial charge in [-0.05, 0) is 35.9 Å². The molecule has 0 radical (unpaired) electrons. The Morgan fingerprint density at radius 2 is 2.29 bits per heavy atom. The summed E-state index contributed by atoms with van der Waals surface area (Å²) < 4.78 is 10.8. The summed E-state index contributed by atoms with van der Waals surface area (Å²) in [5, 5.41) is 9.92. The van der Waals surface area contributed by atoms with E-state index in [9.17, 15) is 9.90 Å². The number of furan rings is 1. The third-order valence-electron chi connectivity index (χ3n) is 3.34. The number of phenols is 1. The predicted molar refractivity (Wildman–Crippen MR) is 97.1 cm³/mol. The van der Waals surface area contributed by atoms with Crippen LogP contribution in [0.4, 0.5) is 0 Å². The lowest BCUT2D eigenvalue weighted by Crippen LogP contribution is -2.27. The Hall–Kier alpha value is -1.96. The van der Waals surface area contributed by atoms with E-state index in [0.717, 1.165) is 0 Å². The number of benzene rings is 1. The van der Waals surface area contributed by atoms with Crippen LogP contribution in [0.25, 0.3) is 6.08 Å². The summed E-state index contributed by atoms with van der Waals surface area (Å²) in [6, 6.07) is 6.69. The Morgan fingerprint density at radius 3 is 2.96 bits per heavy atom. The number of carbonyl (C=O) groups excluding carboxylic acids is 1. The van der Waals surface area contributed by atoms with E-state index in [2.05, 4.69) is 0 Å². The summed E-state index contributed by atoms with van der Waals surface area (Å²) in [5.41, 5.74) is 0.633. The zero-order valence-corrected chi connectivity index (χ0v) is 14.9. The molecule has 0 unspecified atom stereocenters. The number of thioether (sulfide) groups is 1. The molecule has 1 amide bonds. The van der Waals surface area contributed by atoms with Crippen LogP contribution in [-0.2, 0) is 11.3 Å². The first kappa shape index (κ1) is 16.9. The van der Waals surface area contributed by atoms with Gasteiger partial charge in [-0.2, -0.15) is 0 Å². The minimum absolute atomic E-state index is 0.137. The molecule has 0 saturated carbocycles. The lowest BCUT2D eigenvalue weighted by atomic mass is 10.2. The zero-order valence-electron chi connectivity index (χ0n) is 12.5. The summed E-state index contributed by atoms with van der Waals surface area (Å²) >= 11 is 12.4. The lowest BCUT2D eigenvalue weighted by Gasteiger charge is -2.12. The van der Waals surface area contributed by atoms with Gasteiger partial charge in [0.05, 0.1) is 29.8 Å². The maximum Gasteiger partial charge on any atom is 0.266 e. The molecular formula is C16H12ClNO4S2. The Labute approximate surface area is 152 Å². The molecule has 124 valence electrons. The number of thiocarbonyl (C=S) groups is 1. The number of phenolic OH excluding ortho intramolecular Hbond substituents is 1. The van der Waals surface area contributed by atoms with E-state index in [0.29, 0.717) is 20.5 Å². The van der Waals surface area contributed by atoms with E-state index in [-0.39, 0.29) is 29.0 Å². The van der Waals surface area contributed by atoms with Crippen molar-refractivity contribution in [2.45, 2.75) is 6.54 Å². The van der Waals surface area contributed by atoms with E-state index in [1.807, 2.05) is 0 Å².